The third-order valence-electron chi connectivity index (χ3n) is 2.94. The molecule has 0 saturated heterocycles. The summed E-state index contributed by atoms with van der Waals surface area (Å²) in [6.07, 6.45) is 7.13. The maximum Gasteiger partial charge on any atom is 0.123 e. The molecule has 0 radical (unpaired) electrons. The molecule has 2 N–H and O–H groups in total. The zero-order valence-corrected chi connectivity index (χ0v) is 8.98. The first-order chi connectivity index (χ1) is 7.34. The molecule has 2 rings (SSSR count). The van der Waals surface area contributed by atoms with Crippen LogP contribution in [0.5, 0.6) is 0 Å². The van der Waals surface area contributed by atoms with Gasteiger partial charge in [-0.05, 0) is 36.5 Å². The van der Waals surface area contributed by atoms with Crippen LogP contribution in [0.4, 0.5) is 5.82 Å². The maximum atomic E-state index is 5.68. The highest BCUT2D eigenvalue weighted by atomic mass is 16.5. The lowest BCUT2D eigenvalue weighted by molar-refractivity contribution is 0.0889. The van der Waals surface area contributed by atoms with Gasteiger partial charge in [-0.2, -0.15) is 0 Å². The quantitative estimate of drug-likeness (QED) is 0.822. The fraction of sp³-hybridized carbons (Fsp3) is 0.583. The van der Waals surface area contributed by atoms with Crippen LogP contribution in [0.1, 0.15) is 31.2 Å². The fourth-order valence-electron chi connectivity index (χ4n) is 2.10. The molecule has 82 valence electrons. The SMILES string of the molecule is Nc1cc(COCC2CCCC2)ccn1. The zero-order valence-electron chi connectivity index (χ0n) is 8.98. The molecule has 0 aliphatic heterocycles. The highest BCUT2D eigenvalue weighted by Gasteiger charge is 2.14. The smallest absolute Gasteiger partial charge is 0.123 e. The van der Waals surface area contributed by atoms with Crippen LogP contribution in [0.3, 0.4) is 0 Å². The number of nitrogens with zero attached hydrogens (tertiary/aromatic N) is 1. The molecule has 0 amide bonds. The largest absolute Gasteiger partial charge is 0.384 e. The van der Waals surface area contributed by atoms with Gasteiger partial charge in [-0.15, -0.1) is 0 Å². The summed E-state index contributed by atoms with van der Waals surface area (Å²) in [4.78, 5) is 3.95. The lowest BCUT2D eigenvalue weighted by atomic mass is 10.1. The van der Waals surface area contributed by atoms with Crippen LogP contribution in [0.25, 0.3) is 0 Å². The molecule has 1 aromatic heterocycles. The Labute approximate surface area is 90.7 Å². The number of ether oxygens (including phenoxy) is 1. The number of nitrogen functional groups attached to an aromatic ring is 1. The summed E-state index contributed by atoms with van der Waals surface area (Å²) >= 11 is 0. The van der Waals surface area contributed by atoms with Crippen molar-refractivity contribution in [1.29, 1.82) is 0 Å². The predicted molar refractivity (Wildman–Crippen MR) is 60.3 cm³/mol. The topological polar surface area (TPSA) is 48.1 Å². The zero-order chi connectivity index (χ0) is 10.5. The average Bonchev–Trinajstić information content (AvgIpc) is 2.71. The van der Waals surface area contributed by atoms with Crippen molar-refractivity contribution in [2.75, 3.05) is 12.3 Å². The van der Waals surface area contributed by atoms with Gasteiger partial charge in [0.1, 0.15) is 5.82 Å². The Morgan fingerprint density at radius 3 is 2.93 bits per heavy atom. The number of nitrogens with two attached hydrogens (primary N) is 1. The van der Waals surface area contributed by atoms with Crippen molar-refractivity contribution in [2.45, 2.75) is 32.3 Å². The molecule has 1 fully saturated rings. The molecule has 3 nitrogen and oxygen atoms in total. The standard InChI is InChI=1S/C12H18N2O/c13-12-7-11(5-6-14-12)9-15-8-10-3-1-2-4-10/h5-7,10H,1-4,8-9H2,(H2,13,14). The molecule has 0 unspecified atom stereocenters. The summed E-state index contributed by atoms with van der Waals surface area (Å²) in [5.41, 5.74) is 6.70. The van der Waals surface area contributed by atoms with E-state index in [1.807, 2.05) is 12.1 Å². The van der Waals surface area contributed by atoms with Crippen LogP contribution >= 0.6 is 0 Å². The van der Waals surface area contributed by atoms with Gasteiger partial charge in [-0.1, -0.05) is 12.8 Å². The van der Waals surface area contributed by atoms with Gasteiger partial charge in [0.05, 0.1) is 6.61 Å². The summed E-state index contributed by atoms with van der Waals surface area (Å²) in [7, 11) is 0. The second kappa shape index (κ2) is 5.12. The van der Waals surface area contributed by atoms with Gasteiger partial charge in [-0.3, -0.25) is 0 Å². The van der Waals surface area contributed by atoms with Crippen LogP contribution in [0.2, 0.25) is 0 Å². The van der Waals surface area contributed by atoms with Crippen molar-refractivity contribution >= 4 is 5.82 Å². The number of anilines is 1. The van der Waals surface area contributed by atoms with Crippen LogP contribution in [-0.2, 0) is 11.3 Å². The minimum absolute atomic E-state index is 0.567. The van der Waals surface area contributed by atoms with E-state index in [0.29, 0.717) is 12.4 Å². The monoisotopic (exact) mass is 206 g/mol. The van der Waals surface area contributed by atoms with Crippen molar-refractivity contribution in [1.82, 2.24) is 4.98 Å². The van der Waals surface area contributed by atoms with Crippen LogP contribution in [0.15, 0.2) is 18.3 Å². The molecule has 0 bridgehead atoms. The number of pyridine rings is 1. The summed E-state index contributed by atoms with van der Waals surface area (Å²) in [5.74, 6) is 1.35. The van der Waals surface area contributed by atoms with Gasteiger partial charge in [0, 0.05) is 12.8 Å². The lowest BCUT2D eigenvalue weighted by Gasteiger charge is -2.09. The van der Waals surface area contributed by atoms with Crippen molar-refractivity contribution in [2.24, 2.45) is 5.92 Å². The van der Waals surface area contributed by atoms with E-state index < -0.39 is 0 Å². The van der Waals surface area contributed by atoms with Gasteiger partial charge >= 0.3 is 0 Å². The Bertz CT molecular complexity index is 308. The fourth-order valence-corrected chi connectivity index (χ4v) is 2.10. The van der Waals surface area contributed by atoms with Crippen molar-refractivity contribution in [3.05, 3.63) is 23.9 Å². The van der Waals surface area contributed by atoms with Gasteiger partial charge in [0.15, 0.2) is 0 Å². The minimum atomic E-state index is 0.567. The van der Waals surface area contributed by atoms with Gasteiger partial charge in [0.2, 0.25) is 0 Å². The first-order valence-corrected chi connectivity index (χ1v) is 5.63. The Morgan fingerprint density at radius 2 is 2.20 bits per heavy atom. The average molecular weight is 206 g/mol. The Hall–Kier alpha value is -1.09. The second-order valence-electron chi connectivity index (χ2n) is 4.25. The highest BCUT2D eigenvalue weighted by Crippen LogP contribution is 2.24. The molecule has 1 aliphatic rings. The molecule has 1 aliphatic carbocycles. The number of aromatic nitrogens is 1. The van der Waals surface area contributed by atoms with Gasteiger partial charge in [-0.25, -0.2) is 4.98 Å². The Morgan fingerprint density at radius 1 is 1.40 bits per heavy atom. The van der Waals surface area contributed by atoms with Crippen LogP contribution in [-0.4, -0.2) is 11.6 Å². The first kappa shape index (κ1) is 10.4. The van der Waals surface area contributed by atoms with Crippen LogP contribution < -0.4 is 5.73 Å². The third-order valence-corrected chi connectivity index (χ3v) is 2.94. The lowest BCUT2D eigenvalue weighted by Crippen LogP contribution is -2.05. The molecule has 1 heterocycles. The molecule has 0 atom stereocenters. The van der Waals surface area contributed by atoms with E-state index in [1.54, 1.807) is 6.20 Å². The summed E-state index contributed by atoms with van der Waals surface area (Å²) in [6, 6.07) is 3.82. The molecule has 3 heteroatoms. The number of hydrogen-bond donors (Lipinski definition) is 1. The Balaban J connectivity index is 1.73. The molecule has 1 saturated carbocycles. The molecule has 15 heavy (non-hydrogen) atoms. The van der Waals surface area contributed by atoms with Crippen molar-refractivity contribution in [3.63, 3.8) is 0 Å². The van der Waals surface area contributed by atoms with E-state index in [1.165, 1.54) is 25.7 Å². The van der Waals surface area contributed by atoms with E-state index >= 15 is 0 Å². The summed E-state index contributed by atoms with van der Waals surface area (Å²) < 4.78 is 5.68. The molecular weight excluding hydrogens is 188 g/mol. The Kier molecular flexibility index (Phi) is 3.56. The van der Waals surface area contributed by atoms with E-state index in [4.69, 9.17) is 10.5 Å². The highest BCUT2D eigenvalue weighted by molar-refractivity contribution is 5.31. The summed E-state index contributed by atoms with van der Waals surface area (Å²) in [5, 5.41) is 0. The number of rotatable bonds is 4. The van der Waals surface area contributed by atoms with E-state index in [2.05, 4.69) is 4.98 Å². The first-order valence-electron chi connectivity index (χ1n) is 5.63. The molecular formula is C12H18N2O. The second-order valence-corrected chi connectivity index (χ2v) is 4.25. The van der Waals surface area contributed by atoms with Gasteiger partial charge in [0.25, 0.3) is 0 Å². The van der Waals surface area contributed by atoms with E-state index in [0.717, 1.165) is 18.1 Å². The molecule has 0 spiro atoms. The van der Waals surface area contributed by atoms with Crippen LogP contribution in [0, 0.1) is 5.92 Å². The van der Waals surface area contributed by atoms with E-state index in [-0.39, 0.29) is 0 Å². The summed E-state index contributed by atoms with van der Waals surface area (Å²) in [6.45, 7) is 1.55. The molecule has 0 aromatic carbocycles. The normalized spacial score (nSPS) is 17.1. The molecule has 1 aromatic rings. The minimum Gasteiger partial charge on any atom is -0.384 e. The van der Waals surface area contributed by atoms with Gasteiger partial charge < -0.3 is 10.5 Å². The van der Waals surface area contributed by atoms with Crippen molar-refractivity contribution < 1.29 is 4.74 Å². The number of hydrogen-bond acceptors (Lipinski definition) is 3. The predicted octanol–water partition coefficient (Wildman–Crippen LogP) is 2.37. The maximum absolute atomic E-state index is 5.68. The van der Waals surface area contributed by atoms with E-state index in [9.17, 15) is 0 Å². The third kappa shape index (κ3) is 3.20. The van der Waals surface area contributed by atoms with Crippen molar-refractivity contribution in [3.8, 4) is 0 Å².